The monoisotopic (exact) mass is 229 g/mol. The number of amides is 1. The summed E-state index contributed by atoms with van der Waals surface area (Å²) in [6.07, 6.45) is 0. The Morgan fingerprint density at radius 2 is 1.94 bits per heavy atom. The summed E-state index contributed by atoms with van der Waals surface area (Å²) in [5, 5.41) is 2.61. The first kappa shape index (κ1) is 12.4. The second-order valence-electron chi connectivity index (χ2n) is 3.50. The molecule has 1 aromatic carbocycles. The quantitative estimate of drug-likeness (QED) is 0.861. The van der Waals surface area contributed by atoms with Gasteiger partial charge in [0.05, 0.1) is 5.56 Å². The van der Waals surface area contributed by atoms with E-state index in [1.54, 1.807) is 19.9 Å². The molecular weight excluding hydrogens is 216 g/mol. The van der Waals surface area contributed by atoms with Crippen molar-refractivity contribution in [1.82, 2.24) is 5.32 Å². The summed E-state index contributed by atoms with van der Waals surface area (Å²) in [4.78, 5) is 11.6. The van der Waals surface area contributed by atoms with E-state index >= 15 is 0 Å². The van der Waals surface area contributed by atoms with Crippen molar-refractivity contribution in [3.8, 4) is 5.75 Å². The molecule has 0 aromatic heterocycles. The number of rotatable bonds is 4. The summed E-state index contributed by atoms with van der Waals surface area (Å²) in [7, 11) is 0. The van der Waals surface area contributed by atoms with Crippen molar-refractivity contribution in [2.45, 2.75) is 26.5 Å². The Labute approximate surface area is 92.4 Å². The second kappa shape index (κ2) is 5.44. The van der Waals surface area contributed by atoms with Gasteiger partial charge in [-0.15, -0.1) is 0 Å². The van der Waals surface area contributed by atoms with Crippen LogP contribution in [0.3, 0.4) is 0 Å². The number of hydrogen-bond donors (Lipinski definition) is 1. The maximum Gasteiger partial charge on any atom is 0.387 e. The standard InChI is InChI=1S/C11H13F2NO2/c1-7(2)14-10(15)8-5-3-4-6-9(8)16-11(12)13/h3-7,11H,1-2H3,(H,14,15). The first-order valence-corrected chi connectivity index (χ1v) is 4.85. The van der Waals surface area contributed by atoms with Crippen molar-refractivity contribution < 1.29 is 18.3 Å². The van der Waals surface area contributed by atoms with Crippen molar-refractivity contribution in [2.75, 3.05) is 0 Å². The van der Waals surface area contributed by atoms with Gasteiger partial charge in [0.1, 0.15) is 5.75 Å². The number of carbonyl (C=O) groups excluding carboxylic acids is 1. The zero-order valence-corrected chi connectivity index (χ0v) is 9.04. The minimum Gasteiger partial charge on any atom is -0.434 e. The predicted octanol–water partition coefficient (Wildman–Crippen LogP) is 2.43. The van der Waals surface area contributed by atoms with Crippen LogP contribution in [0.2, 0.25) is 0 Å². The lowest BCUT2D eigenvalue weighted by atomic mass is 10.2. The second-order valence-corrected chi connectivity index (χ2v) is 3.50. The summed E-state index contributed by atoms with van der Waals surface area (Å²) in [6, 6.07) is 5.83. The molecule has 16 heavy (non-hydrogen) atoms. The van der Waals surface area contributed by atoms with Crippen LogP contribution in [-0.4, -0.2) is 18.6 Å². The predicted molar refractivity (Wildman–Crippen MR) is 55.7 cm³/mol. The van der Waals surface area contributed by atoms with Gasteiger partial charge in [-0.3, -0.25) is 4.79 Å². The van der Waals surface area contributed by atoms with E-state index in [9.17, 15) is 13.6 Å². The molecule has 0 fully saturated rings. The van der Waals surface area contributed by atoms with Crippen LogP contribution in [0.1, 0.15) is 24.2 Å². The van der Waals surface area contributed by atoms with E-state index in [2.05, 4.69) is 10.1 Å². The number of hydrogen-bond acceptors (Lipinski definition) is 2. The molecule has 0 aliphatic heterocycles. The average molecular weight is 229 g/mol. The highest BCUT2D eigenvalue weighted by Gasteiger charge is 2.15. The summed E-state index contributed by atoms with van der Waals surface area (Å²) in [6.45, 7) is 0.635. The van der Waals surface area contributed by atoms with E-state index in [-0.39, 0.29) is 17.4 Å². The number of ether oxygens (including phenoxy) is 1. The highest BCUT2D eigenvalue weighted by molar-refractivity contribution is 5.97. The molecule has 0 aliphatic rings. The molecule has 5 heteroatoms. The molecule has 1 aromatic rings. The van der Waals surface area contributed by atoms with Gasteiger partial charge < -0.3 is 10.1 Å². The van der Waals surface area contributed by atoms with Crippen molar-refractivity contribution in [3.63, 3.8) is 0 Å². The summed E-state index contributed by atoms with van der Waals surface area (Å²) < 4.78 is 28.4. The topological polar surface area (TPSA) is 38.3 Å². The largest absolute Gasteiger partial charge is 0.434 e. The summed E-state index contributed by atoms with van der Waals surface area (Å²) in [5.41, 5.74) is 0.108. The number of nitrogens with one attached hydrogen (secondary N) is 1. The normalized spacial score (nSPS) is 10.6. The molecule has 0 aliphatic carbocycles. The van der Waals surface area contributed by atoms with Crippen molar-refractivity contribution in [2.24, 2.45) is 0 Å². The Balaban J connectivity index is 2.89. The van der Waals surface area contributed by atoms with Crippen LogP contribution in [0.15, 0.2) is 24.3 Å². The molecule has 1 rings (SSSR count). The van der Waals surface area contributed by atoms with Gasteiger partial charge in [-0.2, -0.15) is 8.78 Å². The number of halogens is 2. The van der Waals surface area contributed by atoms with Gasteiger partial charge in [0.25, 0.3) is 5.91 Å². The summed E-state index contributed by atoms with van der Waals surface area (Å²) in [5.74, 6) is -0.540. The molecule has 0 bridgehead atoms. The molecule has 0 unspecified atom stereocenters. The van der Waals surface area contributed by atoms with Gasteiger partial charge >= 0.3 is 6.61 Å². The van der Waals surface area contributed by atoms with E-state index in [1.807, 2.05) is 0 Å². The molecule has 0 saturated heterocycles. The first-order valence-electron chi connectivity index (χ1n) is 4.85. The molecule has 0 saturated carbocycles. The number of carbonyl (C=O) groups is 1. The molecule has 1 amide bonds. The molecule has 0 atom stereocenters. The lowest BCUT2D eigenvalue weighted by Crippen LogP contribution is -2.30. The molecule has 88 valence electrons. The summed E-state index contributed by atoms with van der Waals surface area (Å²) >= 11 is 0. The fourth-order valence-electron chi connectivity index (χ4n) is 1.19. The van der Waals surface area contributed by atoms with Crippen LogP contribution < -0.4 is 10.1 Å². The Bertz CT molecular complexity index is 367. The van der Waals surface area contributed by atoms with E-state index in [0.717, 1.165) is 0 Å². The molecule has 3 nitrogen and oxygen atoms in total. The Morgan fingerprint density at radius 1 is 1.31 bits per heavy atom. The maximum absolute atomic E-state index is 12.1. The van der Waals surface area contributed by atoms with Crippen LogP contribution in [0.25, 0.3) is 0 Å². The minimum absolute atomic E-state index is 0.0629. The molecule has 1 N–H and O–H groups in total. The third-order valence-corrected chi connectivity index (χ3v) is 1.77. The number of alkyl halides is 2. The first-order chi connectivity index (χ1) is 7.50. The molecular formula is C11H13F2NO2. The van der Waals surface area contributed by atoms with Crippen LogP contribution in [0.4, 0.5) is 8.78 Å². The Hall–Kier alpha value is -1.65. The number of para-hydroxylation sites is 1. The van der Waals surface area contributed by atoms with Crippen LogP contribution in [0.5, 0.6) is 5.75 Å². The highest BCUT2D eigenvalue weighted by Crippen LogP contribution is 2.20. The average Bonchev–Trinajstić information content (AvgIpc) is 2.16. The van der Waals surface area contributed by atoms with E-state index in [0.29, 0.717) is 0 Å². The lowest BCUT2D eigenvalue weighted by Gasteiger charge is -2.12. The molecule has 0 spiro atoms. The Kier molecular flexibility index (Phi) is 4.22. The maximum atomic E-state index is 12.1. The molecule has 0 radical (unpaired) electrons. The van der Waals surface area contributed by atoms with Crippen LogP contribution in [-0.2, 0) is 0 Å². The minimum atomic E-state index is -2.94. The Morgan fingerprint density at radius 3 is 2.50 bits per heavy atom. The zero-order valence-electron chi connectivity index (χ0n) is 9.04. The van der Waals surface area contributed by atoms with E-state index in [4.69, 9.17) is 0 Å². The van der Waals surface area contributed by atoms with Crippen molar-refractivity contribution in [3.05, 3.63) is 29.8 Å². The van der Waals surface area contributed by atoms with Crippen molar-refractivity contribution >= 4 is 5.91 Å². The smallest absolute Gasteiger partial charge is 0.387 e. The lowest BCUT2D eigenvalue weighted by molar-refractivity contribution is -0.0501. The van der Waals surface area contributed by atoms with Gasteiger partial charge in [-0.05, 0) is 26.0 Å². The SMILES string of the molecule is CC(C)NC(=O)c1ccccc1OC(F)F. The van der Waals surface area contributed by atoms with E-state index < -0.39 is 12.5 Å². The van der Waals surface area contributed by atoms with Gasteiger partial charge in [-0.25, -0.2) is 0 Å². The van der Waals surface area contributed by atoms with E-state index in [1.165, 1.54) is 18.2 Å². The van der Waals surface area contributed by atoms with Gasteiger partial charge in [0.2, 0.25) is 0 Å². The fourth-order valence-corrected chi connectivity index (χ4v) is 1.19. The third-order valence-electron chi connectivity index (χ3n) is 1.77. The number of benzene rings is 1. The highest BCUT2D eigenvalue weighted by atomic mass is 19.3. The van der Waals surface area contributed by atoms with Gasteiger partial charge in [0.15, 0.2) is 0 Å². The van der Waals surface area contributed by atoms with Crippen LogP contribution >= 0.6 is 0 Å². The van der Waals surface area contributed by atoms with Crippen LogP contribution in [0, 0.1) is 0 Å². The third kappa shape index (κ3) is 3.49. The fraction of sp³-hybridized carbons (Fsp3) is 0.364. The van der Waals surface area contributed by atoms with Gasteiger partial charge in [0, 0.05) is 6.04 Å². The zero-order chi connectivity index (χ0) is 12.1. The van der Waals surface area contributed by atoms with Crippen molar-refractivity contribution in [1.29, 1.82) is 0 Å². The molecule has 0 heterocycles. The van der Waals surface area contributed by atoms with Gasteiger partial charge in [-0.1, -0.05) is 12.1 Å².